The van der Waals surface area contributed by atoms with Crippen LogP contribution in [0.3, 0.4) is 0 Å². The molecule has 8 heteroatoms. The maximum atomic E-state index is 12.9. The van der Waals surface area contributed by atoms with Crippen molar-refractivity contribution in [1.82, 2.24) is 9.97 Å². The Bertz CT molecular complexity index is 1020. The summed E-state index contributed by atoms with van der Waals surface area (Å²) >= 11 is 4.82. The lowest BCUT2D eigenvalue weighted by Crippen LogP contribution is -2.27. The highest BCUT2D eigenvalue weighted by Crippen LogP contribution is 2.49. The van der Waals surface area contributed by atoms with Crippen LogP contribution in [0.4, 0.5) is 5.13 Å². The fourth-order valence-corrected chi connectivity index (χ4v) is 4.12. The van der Waals surface area contributed by atoms with Crippen LogP contribution >= 0.6 is 27.3 Å². The van der Waals surface area contributed by atoms with Crippen molar-refractivity contribution in [2.24, 2.45) is 0 Å². The average molecular weight is 446 g/mol. The molecule has 0 bridgehead atoms. The SMILES string of the molecule is COC(=O)c1cc(-c2csc(NC(=O)C3(c4cccc(Br)c4)CC3)n2)c[nH]1. The fourth-order valence-electron chi connectivity index (χ4n) is 3.01. The van der Waals surface area contributed by atoms with Crippen molar-refractivity contribution in [2.75, 3.05) is 12.4 Å². The Hall–Kier alpha value is -2.45. The Kier molecular flexibility index (Phi) is 4.61. The van der Waals surface area contributed by atoms with E-state index in [4.69, 9.17) is 0 Å². The van der Waals surface area contributed by atoms with Crippen molar-refractivity contribution in [3.05, 3.63) is 57.6 Å². The van der Waals surface area contributed by atoms with E-state index >= 15 is 0 Å². The van der Waals surface area contributed by atoms with E-state index in [2.05, 4.69) is 36.0 Å². The van der Waals surface area contributed by atoms with Gasteiger partial charge in [-0.15, -0.1) is 11.3 Å². The van der Waals surface area contributed by atoms with E-state index in [1.165, 1.54) is 18.4 Å². The summed E-state index contributed by atoms with van der Waals surface area (Å²) in [5, 5.41) is 5.33. The van der Waals surface area contributed by atoms with E-state index in [0.717, 1.165) is 28.4 Å². The third-order valence-corrected chi connectivity index (χ3v) is 5.92. The molecular formula is C19H16BrN3O3S. The second kappa shape index (κ2) is 6.94. The standard InChI is InChI=1S/C19H16BrN3O3S/c1-26-16(24)14-7-11(9-21-14)15-10-27-18(22-15)23-17(25)19(5-6-19)12-3-2-4-13(20)8-12/h2-4,7-10,21H,5-6H2,1H3,(H,22,23,25). The van der Waals surface area contributed by atoms with Gasteiger partial charge in [-0.25, -0.2) is 9.78 Å². The minimum Gasteiger partial charge on any atom is -0.464 e. The summed E-state index contributed by atoms with van der Waals surface area (Å²) in [6.07, 6.45) is 3.35. The minimum atomic E-state index is -0.470. The number of methoxy groups -OCH3 is 1. The smallest absolute Gasteiger partial charge is 0.354 e. The molecule has 0 atom stereocenters. The summed E-state index contributed by atoms with van der Waals surface area (Å²) in [4.78, 5) is 31.8. The normalized spacial score (nSPS) is 14.6. The molecule has 3 aromatic rings. The van der Waals surface area contributed by atoms with E-state index in [0.29, 0.717) is 16.5 Å². The fraction of sp³-hybridized carbons (Fsp3) is 0.211. The predicted molar refractivity (Wildman–Crippen MR) is 107 cm³/mol. The molecule has 1 aliphatic carbocycles. The number of nitrogens with zero attached hydrogens (tertiary/aromatic N) is 1. The zero-order valence-electron chi connectivity index (χ0n) is 14.4. The first-order chi connectivity index (χ1) is 13.0. The Morgan fingerprint density at radius 2 is 2.15 bits per heavy atom. The number of esters is 1. The highest BCUT2D eigenvalue weighted by Gasteiger charge is 2.51. The Morgan fingerprint density at radius 3 is 2.85 bits per heavy atom. The zero-order chi connectivity index (χ0) is 19.0. The lowest BCUT2D eigenvalue weighted by atomic mass is 9.95. The van der Waals surface area contributed by atoms with Gasteiger partial charge in [0.25, 0.3) is 0 Å². The summed E-state index contributed by atoms with van der Waals surface area (Å²) in [5.74, 6) is -0.472. The first-order valence-electron chi connectivity index (χ1n) is 8.32. The molecule has 0 saturated heterocycles. The molecule has 0 radical (unpaired) electrons. The molecule has 4 rings (SSSR count). The maximum Gasteiger partial charge on any atom is 0.354 e. The number of benzene rings is 1. The van der Waals surface area contributed by atoms with Crippen molar-refractivity contribution in [3.63, 3.8) is 0 Å². The number of rotatable bonds is 5. The first kappa shape index (κ1) is 17.9. The van der Waals surface area contributed by atoms with Gasteiger partial charge in [0.2, 0.25) is 5.91 Å². The maximum absolute atomic E-state index is 12.9. The molecule has 0 unspecified atom stereocenters. The summed E-state index contributed by atoms with van der Waals surface area (Å²) < 4.78 is 5.65. The number of hydrogen-bond donors (Lipinski definition) is 2. The number of carbonyl (C=O) groups is 2. The monoisotopic (exact) mass is 445 g/mol. The molecule has 27 heavy (non-hydrogen) atoms. The van der Waals surface area contributed by atoms with Gasteiger partial charge in [-0.05, 0) is 36.6 Å². The van der Waals surface area contributed by atoms with Crippen LogP contribution in [0, 0.1) is 0 Å². The molecule has 6 nitrogen and oxygen atoms in total. The molecule has 0 spiro atoms. The van der Waals surface area contributed by atoms with E-state index in [1.54, 1.807) is 12.3 Å². The number of anilines is 1. The van der Waals surface area contributed by atoms with Gasteiger partial charge in [-0.2, -0.15) is 0 Å². The third-order valence-electron chi connectivity index (χ3n) is 4.67. The molecule has 1 saturated carbocycles. The van der Waals surface area contributed by atoms with Gasteiger partial charge in [-0.1, -0.05) is 28.1 Å². The van der Waals surface area contributed by atoms with Crippen LogP contribution in [0.1, 0.15) is 28.9 Å². The lowest BCUT2D eigenvalue weighted by molar-refractivity contribution is -0.118. The van der Waals surface area contributed by atoms with Crippen LogP contribution in [0.15, 0.2) is 46.4 Å². The number of aromatic amines is 1. The second-order valence-electron chi connectivity index (χ2n) is 6.38. The molecule has 2 aromatic heterocycles. The van der Waals surface area contributed by atoms with E-state index in [1.807, 2.05) is 29.6 Å². The highest BCUT2D eigenvalue weighted by molar-refractivity contribution is 9.10. The summed E-state index contributed by atoms with van der Waals surface area (Å²) in [5.41, 5.74) is 2.35. The van der Waals surface area contributed by atoms with Crippen molar-refractivity contribution >= 4 is 44.3 Å². The molecule has 1 aromatic carbocycles. The van der Waals surface area contributed by atoms with Gasteiger partial charge < -0.3 is 15.0 Å². The number of H-pyrrole nitrogens is 1. The molecule has 138 valence electrons. The number of thiazole rings is 1. The number of carbonyl (C=O) groups excluding carboxylic acids is 2. The van der Waals surface area contributed by atoms with Crippen LogP contribution < -0.4 is 5.32 Å². The first-order valence-corrected chi connectivity index (χ1v) is 9.99. The van der Waals surface area contributed by atoms with Crippen molar-refractivity contribution in [3.8, 4) is 11.3 Å². The molecular weight excluding hydrogens is 430 g/mol. The number of halogens is 1. The summed E-state index contributed by atoms with van der Waals surface area (Å²) in [6, 6.07) is 9.55. The molecule has 1 fully saturated rings. The average Bonchev–Trinajstić information content (AvgIpc) is 3.11. The molecule has 1 amide bonds. The summed E-state index contributed by atoms with van der Waals surface area (Å²) in [6.45, 7) is 0. The van der Waals surface area contributed by atoms with Crippen molar-refractivity contribution in [1.29, 1.82) is 0 Å². The van der Waals surface area contributed by atoms with Gasteiger partial charge in [0.1, 0.15) is 5.69 Å². The quantitative estimate of drug-likeness (QED) is 0.571. The number of hydrogen-bond acceptors (Lipinski definition) is 5. The summed E-state index contributed by atoms with van der Waals surface area (Å²) in [7, 11) is 1.33. The zero-order valence-corrected chi connectivity index (χ0v) is 16.8. The Morgan fingerprint density at radius 1 is 1.33 bits per heavy atom. The predicted octanol–water partition coefficient (Wildman–Crippen LogP) is 4.36. The van der Waals surface area contributed by atoms with Crippen LogP contribution in [-0.2, 0) is 14.9 Å². The highest BCUT2D eigenvalue weighted by atomic mass is 79.9. The van der Waals surface area contributed by atoms with Crippen molar-refractivity contribution in [2.45, 2.75) is 18.3 Å². The van der Waals surface area contributed by atoms with Crippen LogP contribution in [0.5, 0.6) is 0 Å². The molecule has 2 heterocycles. The van der Waals surface area contributed by atoms with Crippen LogP contribution in [0.25, 0.3) is 11.3 Å². The Labute approximate surface area is 168 Å². The third kappa shape index (κ3) is 3.42. The van der Waals surface area contributed by atoms with Gasteiger partial charge in [0.15, 0.2) is 5.13 Å². The topological polar surface area (TPSA) is 84.1 Å². The molecule has 2 N–H and O–H groups in total. The van der Waals surface area contributed by atoms with Gasteiger partial charge in [0, 0.05) is 21.6 Å². The Balaban J connectivity index is 1.50. The number of amides is 1. The van der Waals surface area contributed by atoms with E-state index in [9.17, 15) is 9.59 Å². The van der Waals surface area contributed by atoms with E-state index in [-0.39, 0.29) is 5.91 Å². The largest absolute Gasteiger partial charge is 0.464 e. The number of nitrogens with one attached hydrogen (secondary N) is 2. The molecule has 1 aliphatic rings. The van der Waals surface area contributed by atoms with Crippen LogP contribution in [0.2, 0.25) is 0 Å². The lowest BCUT2D eigenvalue weighted by Gasteiger charge is -2.14. The number of aromatic nitrogens is 2. The van der Waals surface area contributed by atoms with Gasteiger partial charge >= 0.3 is 5.97 Å². The van der Waals surface area contributed by atoms with Gasteiger partial charge in [-0.3, -0.25) is 4.79 Å². The van der Waals surface area contributed by atoms with Crippen LogP contribution in [-0.4, -0.2) is 29.0 Å². The minimum absolute atomic E-state index is 0.0363. The van der Waals surface area contributed by atoms with Crippen molar-refractivity contribution < 1.29 is 14.3 Å². The second-order valence-corrected chi connectivity index (χ2v) is 8.15. The van der Waals surface area contributed by atoms with Gasteiger partial charge in [0.05, 0.1) is 18.2 Å². The molecule has 0 aliphatic heterocycles. The van der Waals surface area contributed by atoms with E-state index < -0.39 is 11.4 Å². The number of ether oxygens (including phenoxy) is 1.